The van der Waals surface area contributed by atoms with Crippen LogP contribution in [0.25, 0.3) is 0 Å². The van der Waals surface area contributed by atoms with Gasteiger partial charge in [0.25, 0.3) is 0 Å². The zero-order valence-electron chi connectivity index (χ0n) is 19.1. The molecule has 0 aromatic heterocycles. The van der Waals surface area contributed by atoms with Gasteiger partial charge in [0.2, 0.25) is 5.91 Å². The highest BCUT2D eigenvalue weighted by Crippen LogP contribution is 2.39. The fraction of sp³-hybridized carbons (Fsp3) is 0.444. The molecule has 2 atom stereocenters. The third-order valence-corrected chi connectivity index (χ3v) is 6.71. The Labute approximate surface area is 197 Å². The lowest BCUT2D eigenvalue weighted by Crippen LogP contribution is -2.38. The van der Waals surface area contributed by atoms with Gasteiger partial charge in [-0.25, -0.2) is 0 Å². The van der Waals surface area contributed by atoms with Gasteiger partial charge in [-0.15, -0.1) is 6.58 Å². The number of ether oxygens (including phenoxy) is 1. The van der Waals surface area contributed by atoms with Crippen molar-refractivity contribution in [3.05, 3.63) is 71.3 Å². The van der Waals surface area contributed by atoms with Gasteiger partial charge in [-0.1, -0.05) is 29.8 Å². The van der Waals surface area contributed by atoms with Crippen molar-refractivity contribution in [2.24, 2.45) is 17.6 Å². The molecule has 0 spiro atoms. The second-order valence-corrected chi connectivity index (χ2v) is 9.08. The quantitative estimate of drug-likeness (QED) is 0.286. The third kappa shape index (κ3) is 6.52. The summed E-state index contributed by atoms with van der Waals surface area (Å²) in [4.78, 5) is 14.1. The number of primary amides is 1. The molecule has 1 amide bonds. The number of rotatable bonds is 13. The van der Waals surface area contributed by atoms with E-state index in [4.69, 9.17) is 22.1 Å². The SMILES string of the molecule is C=CC[C@@H]1CCC1CN(CC)c1cc(C(N)=O)ccc1OCCCCc1cccc(Cl)c1. The molecule has 3 rings (SSSR count). The van der Waals surface area contributed by atoms with Crippen molar-refractivity contribution >= 4 is 23.2 Å². The van der Waals surface area contributed by atoms with Crippen LogP contribution in [0.2, 0.25) is 5.02 Å². The molecule has 172 valence electrons. The first kappa shape index (κ1) is 24.2. The van der Waals surface area contributed by atoms with Crippen LogP contribution in [0.3, 0.4) is 0 Å². The summed E-state index contributed by atoms with van der Waals surface area (Å²) >= 11 is 6.07. The number of nitrogens with two attached hydrogens (primary N) is 1. The fourth-order valence-electron chi connectivity index (χ4n) is 4.43. The maximum absolute atomic E-state index is 11.8. The summed E-state index contributed by atoms with van der Waals surface area (Å²) in [5.41, 5.74) is 8.29. The number of hydrogen-bond acceptors (Lipinski definition) is 3. The summed E-state index contributed by atoms with van der Waals surface area (Å²) in [7, 11) is 0. The highest BCUT2D eigenvalue weighted by Gasteiger charge is 2.31. The number of benzene rings is 2. The first-order valence-electron chi connectivity index (χ1n) is 11.7. The normalized spacial score (nSPS) is 17.4. The molecule has 0 saturated heterocycles. The zero-order valence-corrected chi connectivity index (χ0v) is 19.8. The smallest absolute Gasteiger partial charge is 0.248 e. The molecule has 1 aliphatic rings. The molecule has 4 nitrogen and oxygen atoms in total. The van der Waals surface area contributed by atoms with Gasteiger partial charge >= 0.3 is 0 Å². The van der Waals surface area contributed by atoms with Crippen molar-refractivity contribution < 1.29 is 9.53 Å². The number of halogens is 1. The molecular weight excluding hydrogens is 420 g/mol. The van der Waals surface area contributed by atoms with E-state index in [0.29, 0.717) is 24.0 Å². The summed E-state index contributed by atoms with van der Waals surface area (Å²) in [5, 5.41) is 0.777. The first-order chi connectivity index (χ1) is 15.5. The highest BCUT2D eigenvalue weighted by atomic mass is 35.5. The maximum atomic E-state index is 11.8. The van der Waals surface area contributed by atoms with Crippen LogP contribution in [0.15, 0.2) is 55.1 Å². The van der Waals surface area contributed by atoms with Crippen molar-refractivity contribution in [2.75, 3.05) is 24.6 Å². The maximum Gasteiger partial charge on any atom is 0.248 e. The number of amides is 1. The van der Waals surface area contributed by atoms with Crippen LogP contribution in [0.1, 0.15) is 54.9 Å². The number of nitrogens with zero attached hydrogens (tertiary/aromatic N) is 1. The number of allylic oxidation sites excluding steroid dienone is 1. The van der Waals surface area contributed by atoms with Crippen molar-refractivity contribution in [3.8, 4) is 5.75 Å². The molecule has 0 heterocycles. The Balaban J connectivity index is 1.62. The standard InChI is InChI=1S/C27H35ClN2O2/c1-3-8-21-12-13-23(21)19-30(4-2)25-18-22(27(29)31)14-15-26(25)32-16-6-5-9-20-10-7-11-24(28)17-20/h3,7,10-11,14-15,17-18,21,23H,1,4-6,8-9,12-13,16,19H2,2H3,(H2,29,31)/t21-,23?/m1/s1. The first-order valence-corrected chi connectivity index (χ1v) is 12.1. The van der Waals surface area contributed by atoms with Gasteiger partial charge in [-0.05, 0) is 93.2 Å². The van der Waals surface area contributed by atoms with E-state index < -0.39 is 5.91 Å². The third-order valence-electron chi connectivity index (χ3n) is 6.47. The molecule has 2 aromatic carbocycles. The second-order valence-electron chi connectivity index (χ2n) is 8.64. The topological polar surface area (TPSA) is 55.6 Å². The molecule has 2 aromatic rings. The number of unbranched alkanes of at least 4 members (excludes halogenated alkanes) is 1. The fourth-order valence-corrected chi connectivity index (χ4v) is 4.64. The Kier molecular flexibility index (Phi) is 9.04. The minimum absolute atomic E-state index is 0.413. The lowest BCUT2D eigenvalue weighted by Gasteiger charge is -2.40. The van der Waals surface area contributed by atoms with Gasteiger partial charge in [0.05, 0.1) is 12.3 Å². The Morgan fingerprint density at radius 2 is 2.03 bits per heavy atom. The molecule has 0 bridgehead atoms. The monoisotopic (exact) mass is 454 g/mol. The van der Waals surface area contributed by atoms with Crippen LogP contribution in [0.5, 0.6) is 5.75 Å². The molecule has 0 radical (unpaired) electrons. The summed E-state index contributed by atoms with van der Waals surface area (Å²) in [6, 6.07) is 13.5. The second kappa shape index (κ2) is 12.0. The molecule has 5 heteroatoms. The number of carbonyl (C=O) groups is 1. The van der Waals surface area contributed by atoms with Gasteiger partial charge in [0, 0.05) is 23.7 Å². The minimum Gasteiger partial charge on any atom is -0.491 e. The molecular formula is C27H35ClN2O2. The van der Waals surface area contributed by atoms with E-state index in [1.165, 1.54) is 18.4 Å². The summed E-state index contributed by atoms with van der Waals surface area (Å²) in [5.74, 6) is 1.76. The highest BCUT2D eigenvalue weighted by molar-refractivity contribution is 6.30. The predicted molar refractivity (Wildman–Crippen MR) is 134 cm³/mol. The molecule has 0 aliphatic heterocycles. The Bertz CT molecular complexity index is 914. The van der Waals surface area contributed by atoms with Crippen molar-refractivity contribution in [1.29, 1.82) is 0 Å². The molecule has 1 aliphatic carbocycles. The zero-order chi connectivity index (χ0) is 22.9. The van der Waals surface area contributed by atoms with Gasteiger partial charge in [0.15, 0.2) is 0 Å². The number of anilines is 1. The van der Waals surface area contributed by atoms with E-state index in [1.54, 1.807) is 6.07 Å². The van der Waals surface area contributed by atoms with Crippen LogP contribution < -0.4 is 15.4 Å². The molecule has 1 unspecified atom stereocenters. The van der Waals surface area contributed by atoms with Crippen molar-refractivity contribution in [2.45, 2.75) is 45.4 Å². The lowest BCUT2D eigenvalue weighted by atomic mass is 9.71. The van der Waals surface area contributed by atoms with Crippen LogP contribution in [-0.2, 0) is 6.42 Å². The number of carbonyl (C=O) groups excluding carboxylic acids is 1. The minimum atomic E-state index is -0.413. The average Bonchev–Trinajstić information content (AvgIpc) is 2.77. The van der Waals surface area contributed by atoms with E-state index in [0.717, 1.165) is 55.2 Å². The summed E-state index contributed by atoms with van der Waals surface area (Å²) in [6.07, 6.45) is 8.55. The van der Waals surface area contributed by atoms with Gasteiger partial charge in [-0.2, -0.15) is 0 Å². The van der Waals surface area contributed by atoms with Crippen LogP contribution in [-0.4, -0.2) is 25.6 Å². The van der Waals surface area contributed by atoms with Crippen molar-refractivity contribution in [3.63, 3.8) is 0 Å². The van der Waals surface area contributed by atoms with E-state index in [1.807, 2.05) is 36.4 Å². The van der Waals surface area contributed by atoms with Gasteiger partial charge < -0.3 is 15.4 Å². The van der Waals surface area contributed by atoms with Gasteiger partial charge in [-0.3, -0.25) is 4.79 Å². The van der Waals surface area contributed by atoms with Crippen LogP contribution in [0, 0.1) is 11.8 Å². The van der Waals surface area contributed by atoms with Crippen molar-refractivity contribution in [1.82, 2.24) is 0 Å². The van der Waals surface area contributed by atoms with Crippen LogP contribution in [0.4, 0.5) is 5.69 Å². The number of hydrogen-bond donors (Lipinski definition) is 1. The molecule has 1 saturated carbocycles. The van der Waals surface area contributed by atoms with E-state index >= 15 is 0 Å². The largest absolute Gasteiger partial charge is 0.491 e. The summed E-state index contributed by atoms with van der Waals surface area (Å²) < 4.78 is 6.19. The Hall–Kier alpha value is -2.46. The molecule has 32 heavy (non-hydrogen) atoms. The van der Waals surface area contributed by atoms with E-state index in [-0.39, 0.29) is 0 Å². The lowest BCUT2D eigenvalue weighted by molar-refractivity contribution is 0.1000. The Morgan fingerprint density at radius 3 is 2.69 bits per heavy atom. The molecule has 2 N–H and O–H groups in total. The van der Waals surface area contributed by atoms with E-state index in [9.17, 15) is 4.79 Å². The van der Waals surface area contributed by atoms with E-state index in [2.05, 4.69) is 24.5 Å². The average molecular weight is 455 g/mol. The molecule has 1 fully saturated rings. The van der Waals surface area contributed by atoms with Crippen LogP contribution >= 0.6 is 11.6 Å². The summed E-state index contributed by atoms with van der Waals surface area (Å²) in [6.45, 7) is 8.49. The number of aryl methyl sites for hydroxylation is 1. The Morgan fingerprint density at radius 1 is 1.22 bits per heavy atom. The van der Waals surface area contributed by atoms with Gasteiger partial charge in [0.1, 0.15) is 5.75 Å². The predicted octanol–water partition coefficient (Wildman–Crippen LogP) is 6.27.